The summed E-state index contributed by atoms with van der Waals surface area (Å²) >= 11 is 5.60. The third kappa shape index (κ3) is 2.97. The second kappa shape index (κ2) is 5.75. The number of aromatic nitrogens is 4. The molecule has 3 rings (SSSR count). The fourth-order valence-corrected chi connectivity index (χ4v) is 1.87. The van der Waals surface area contributed by atoms with E-state index in [2.05, 4.69) is 32.7 Å². The molecule has 2 heterocycles. The molecule has 0 spiro atoms. The number of benzene rings is 1. The van der Waals surface area contributed by atoms with Gasteiger partial charge < -0.3 is 9.73 Å². The summed E-state index contributed by atoms with van der Waals surface area (Å²) in [4.78, 5) is 0. The Balaban J connectivity index is 1.67. The van der Waals surface area contributed by atoms with E-state index in [0.717, 1.165) is 5.69 Å². The molecule has 0 fully saturated rings. The summed E-state index contributed by atoms with van der Waals surface area (Å²) in [7, 11) is 0. The van der Waals surface area contributed by atoms with E-state index in [1.807, 2.05) is 29.1 Å². The molecule has 0 amide bonds. The Hall–Kier alpha value is -2.34. The van der Waals surface area contributed by atoms with Crippen molar-refractivity contribution in [3.05, 3.63) is 54.2 Å². The van der Waals surface area contributed by atoms with Crippen LogP contribution in [-0.2, 0) is 12.4 Å². The van der Waals surface area contributed by atoms with Crippen molar-refractivity contribution in [1.29, 1.82) is 0 Å². The summed E-state index contributed by atoms with van der Waals surface area (Å²) in [5.74, 6) is 0.577. The Morgan fingerprint density at radius 3 is 2.80 bits per heavy atom. The minimum Gasteiger partial charge on any atom is -0.407 e. The molecule has 1 N–H and O–H groups in total. The number of alkyl halides is 1. The maximum absolute atomic E-state index is 5.60. The van der Waals surface area contributed by atoms with E-state index < -0.39 is 0 Å². The molecule has 0 unspecified atom stereocenters. The van der Waals surface area contributed by atoms with Crippen molar-refractivity contribution >= 4 is 23.3 Å². The zero-order valence-corrected chi connectivity index (χ0v) is 11.3. The molecule has 102 valence electrons. The van der Waals surface area contributed by atoms with E-state index >= 15 is 0 Å². The molecule has 0 atom stereocenters. The van der Waals surface area contributed by atoms with E-state index in [-0.39, 0.29) is 5.88 Å². The van der Waals surface area contributed by atoms with E-state index in [0.29, 0.717) is 18.5 Å². The summed E-state index contributed by atoms with van der Waals surface area (Å²) in [6.45, 7) is 0.708. The van der Waals surface area contributed by atoms with Gasteiger partial charge in [0.2, 0.25) is 5.89 Å². The minimum absolute atomic E-state index is 0.196. The third-order valence-electron chi connectivity index (χ3n) is 2.65. The highest BCUT2D eigenvalue weighted by molar-refractivity contribution is 6.16. The number of nitrogens with zero attached hydrogens (tertiary/aromatic N) is 4. The van der Waals surface area contributed by atoms with Crippen LogP contribution in [0, 0.1) is 0 Å². The van der Waals surface area contributed by atoms with Gasteiger partial charge in [0, 0.05) is 6.20 Å². The Morgan fingerprint density at radius 2 is 2.05 bits per heavy atom. The lowest BCUT2D eigenvalue weighted by Crippen LogP contribution is -1.99. The SMILES string of the molecule is ClCc1nnc(Nc2cnn(Cc3ccccc3)c2)o1. The molecule has 0 aliphatic carbocycles. The van der Waals surface area contributed by atoms with Gasteiger partial charge in [-0.25, -0.2) is 0 Å². The van der Waals surface area contributed by atoms with Crippen LogP contribution >= 0.6 is 11.6 Å². The van der Waals surface area contributed by atoms with Crippen LogP contribution in [0.4, 0.5) is 11.7 Å². The predicted octanol–water partition coefficient (Wildman–Crippen LogP) is 2.80. The van der Waals surface area contributed by atoms with Gasteiger partial charge in [-0.1, -0.05) is 35.4 Å². The molecule has 2 aromatic heterocycles. The molecule has 6 nitrogen and oxygen atoms in total. The van der Waals surface area contributed by atoms with Crippen LogP contribution in [-0.4, -0.2) is 20.0 Å². The second-order valence-corrected chi connectivity index (χ2v) is 4.44. The molecule has 0 bridgehead atoms. The molecule has 7 heteroatoms. The fourth-order valence-electron chi connectivity index (χ4n) is 1.77. The van der Waals surface area contributed by atoms with Crippen molar-refractivity contribution in [3.8, 4) is 0 Å². The standard InChI is InChI=1S/C13H12ClN5O/c14-6-12-17-18-13(20-12)16-11-7-15-19(9-11)8-10-4-2-1-3-5-10/h1-5,7,9H,6,8H2,(H,16,18). The van der Waals surface area contributed by atoms with Gasteiger partial charge in [-0.2, -0.15) is 5.10 Å². The Morgan fingerprint density at radius 1 is 1.20 bits per heavy atom. The highest BCUT2D eigenvalue weighted by Crippen LogP contribution is 2.15. The molecule has 1 aromatic carbocycles. The minimum atomic E-state index is 0.196. The smallest absolute Gasteiger partial charge is 0.320 e. The summed E-state index contributed by atoms with van der Waals surface area (Å²) < 4.78 is 7.09. The monoisotopic (exact) mass is 289 g/mol. The van der Waals surface area contributed by atoms with Crippen molar-refractivity contribution < 1.29 is 4.42 Å². The van der Waals surface area contributed by atoms with E-state index in [4.69, 9.17) is 16.0 Å². The zero-order chi connectivity index (χ0) is 13.8. The first-order chi connectivity index (χ1) is 9.83. The Kier molecular flexibility index (Phi) is 3.64. The van der Waals surface area contributed by atoms with Crippen molar-refractivity contribution in [2.75, 3.05) is 5.32 Å². The van der Waals surface area contributed by atoms with Crippen LogP contribution in [0.5, 0.6) is 0 Å². The van der Waals surface area contributed by atoms with Crippen molar-refractivity contribution in [2.24, 2.45) is 0 Å². The summed E-state index contributed by atoms with van der Waals surface area (Å²) in [5, 5.41) is 14.8. The van der Waals surface area contributed by atoms with Gasteiger partial charge in [0.15, 0.2) is 0 Å². The van der Waals surface area contributed by atoms with E-state index in [1.54, 1.807) is 6.20 Å². The predicted molar refractivity (Wildman–Crippen MR) is 74.9 cm³/mol. The lowest BCUT2D eigenvalue weighted by atomic mass is 10.2. The van der Waals surface area contributed by atoms with Gasteiger partial charge >= 0.3 is 6.01 Å². The van der Waals surface area contributed by atoms with Gasteiger partial charge in [-0.3, -0.25) is 4.68 Å². The first kappa shape index (κ1) is 12.7. The van der Waals surface area contributed by atoms with Crippen molar-refractivity contribution in [1.82, 2.24) is 20.0 Å². The molecule has 0 aliphatic rings. The van der Waals surface area contributed by atoms with Crippen LogP contribution in [0.25, 0.3) is 0 Å². The molecule has 0 radical (unpaired) electrons. The average Bonchev–Trinajstić information content (AvgIpc) is 3.10. The van der Waals surface area contributed by atoms with Crippen LogP contribution < -0.4 is 5.32 Å². The van der Waals surface area contributed by atoms with Gasteiger partial charge in [0.25, 0.3) is 0 Å². The van der Waals surface area contributed by atoms with Crippen LogP contribution in [0.1, 0.15) is 11.5 Å². The molecule has 20 heavy (non-hydrogen) atoms. The normalized spacial score (nSPS) is 10.7. The lowest BCUT2D eigenvalue weighted by Gasteiger charge is -2.00. The Labute approximate surface area is 120 Å². The van der Waals surface area contributed by atoms with Gasteiger partial charge in [-0.05, 0) is 5.56 Å². The summed E-state index contributed by atoms with van der Waals surface area (Å²) in [5.41, 5.74) is 1.97. The largest absolute Gasteiger partial charge is 0.407 e. The molecule has 0 aliphatic heterocycles. The first-order valence-corrected chi connectivity index (χ1v) is 6.59. The molecular weight excluding hydrogens is 278 g/mol. The molecule has 0 saturated carbocycles. The van der Waals surface area contributed by atoms with Crippen molar-refractivity contribution in [2.45, 2.75) is 12.4 Å². The number of rotatable bonds is 5. The number of nitrogens with one attached hydrogen (secondary N) is 1. The Bertz CT molecular complexity index is 679. The van der Waals surface area contributed by atoms with Crippen molar-refractivity contribution in [3.63, 3.8) is 0 Å². The van der Waals surface area contributed by atoms with Crippen LogP contribution in [0.15, 0.2) is 47.1 Å². The highest BCUT2D eigenvalue weighted by Gasteiger charge is 2.06. The second-order valence-electron chi connectivity index (χ2n) is 4.17. The number of hydrogen-bond donors (Lipinski definition) is 1. The van der Waals surface area contributed by atoms with E-state index in [1.165, 1.54) is 5.56 Å². The number of hydrogen-bond acceptors (Lipinski definition) is 5. The van der Waals surface area contributed by atoms with Gasteiger partial charge in [-0.15, -0.1) is 16.7 Å². The molecular formula is C13H12ClN5O. The topological polar surface area (TPSA) is 68.8 Å². The zero-order valence-electron chi connectivity index (χ0n) is 10.5. The van der Waals surface area contributed by atoms with Gasteiger partial charge in [0.1, 0.15) is 5.88 Å². The van der Waals surface area contributed by atoms with Gasteiger partial charge in [0.05, 0.1) is 18.4 Å². The third-order valence-corrected chi connectivity index (χ3v) is 2.88. The summed E-state index contributed by atoms with van der Waals surface area (Å²) in [6.07, 6.45) is 3.57. The average molecular weight is 290 g/mol. The van der Waals surface area contributed by atoms with Crippen LogP contribution in [0.3, 0.4) is 0 Å². The molecule has 0 saturated heterocycles. The molecule has 3 aromatic rings. The lowest BCUT2D eigenvalue weighted by molar-refractivity contribution is 0.530. The number of halogens is 1. The maximum atomic E-state index is 5.60. The maximum Gasteiger partial charge on any atom is 0.320 e. The van der Waals surface area contributed by atoms with E-state index in [9.17, 15) is 0 Å². The summed E-state index contributed by atoms with van der Waals surface area (Å²) in [6, 6.07) is 10.4. The fraction of sp³-hybridized carbons (Fsp3) is 0.154. The first-order valence-electron chi connectivity index (χ1n) is 6.05. The van der Waals surface area contributed by atoms with Crippen LogP contribution in [0.2, 0.25) is 0 Å². The highest BCUT2D eigenvalue weighted by atomic mass is 35.5. The quantitative estimate of drug-likeness (QED) is 0.732. The number of anilines is 2.